The van der Waals surface area contributed by atoms with E-state index in [0.29, 0.717) is 17.3 Å². The van der Waals surface area contributed by atoms with Gasteiger partial charge in [0.25, 0.3) is 5.82 Å². The number of para-hydroxylation sites is 2. The van der Waals surface area contributed by atoms with Crippen LogP contribution in [0, 0.1) is 0 Å². The summed E-state index contributed by atoms with van der Waals surface area (Å²) in [5, 5.41) is 17.0. The average molecular weight is 439 g/mol. The summed E-state index contributed by atoms with van der Waals surface area (Å²) in [6.07, 6.45) is 0. The first-order valence-corrected chi connectivity index (χ1v) is 10.2. The third kappa shape index (κ3) is 4.39. The summed E-state index contributed by atoms with van der Waals surface area (Å²) in [5.41, 5.74) is 4.64. The van der Waals surface area contributed by atoms with Crippen LogP contribution in [0.4, 0.5) is 0 Å². The van der Waals surface area contributed by atoms with Crippen LogP contribution in [0.15, 0.2) is 103 Å². The Morgan fingerprint density at radius 3 is 2.03 bits per heavy atom. The first-order chi connectivity index (χ1) is 16.1. The summed E-state index contributed by atoms with van der Waals surface area (Å²) in [5.74, 6) is -0.698. The lowest BCUT2D eigenvalue weighted by Gasteiger charge is -2.09. The van der Waals surface area contributed by atoms with Gasteiger partial charge in [-0.05, 0) is 43.5 Å². The van der Waals surface area contributed by atoms with Gasteiger partial charge >= 0.3 is 11.8 Å². The molecule has 0 N–H and O–H groups in total. The molecule has 0 bridgehead atoms. The van der Waals surface area contributed by atoms with Crippen LogP contribution in [0.25, 0.3) is 28.3 Å². The van der Waals surface area contributed by atoms with Gasteiger partial charge in [-0.15, -0.1) is 0 Å². The molecule has 3 aromatic carbocycles. The van der Waals surface area contributed by atoms with Gasteiger partial charge in [-0.2, -0.15) is 4.57 Å². The molecular weight excluding hydrogens is 418 g/mol. The van der Waals surface area contributed by atoms with Crippen molar-refractivity contribution in [3.8, 4) is 22.8 Å². The van der Waals surface area contributed by atoms with Gasteiger partial charge in [-0.1, -0.05) is 65.0 Å². The SMILES string of the molecule is COC(=O)C(=C=C([O-])OC)c1n(-c2ccccc2)nc(-c2ccccc2)[n+]1-c1ccccc1. The Morgan fingerprint density at radius 2 is 1.45 bits per heavy atom. The first kappa shape index (κ1) is 21.6. The molecule has 0 atom stereocenters. The summed E-state index contributed by atoms with van der Waals surface area (Å²) in [7, 11) is 2.47. The molecule has 164 valence electrons. The number of hydrogen-bond donors (Lipinski definition) is 0. The number of methoxy groups -OCH3 is 2. The van der Waals surface area contributed by atoms with Gasteiger partial charge in [0, 0.05) is 0 Å². The molecule has 7 nitrogen and oxygen atoms in total. The summed E-state index contributed by atoms with van der Waals surface area (Å²) >= 11 is 0. The zero-order chi connectivity index (χ0) is 23.2. The summed E-state index contributed by atoms with van der Waals surface area (Å²) in [4.78, 5) is 12.9. The molecule has 0 spiro atoms. The molecule has 7 heteroatoms. The molecule has 0 amide bonds. The van der Waals surface area contributed by atoms with E-state index in [2.05, 4.69) is 5.73 Å². The topological polar surface area (TPSA) is 80.3 Å². The summed E-state index contributed by atoms with van der Waals surface area (Å²) in [6, 6.07) is 28.3. The highest BCUT2D eigenvalue weighted by molar-refractivity contribution is 6.14. The van der Waals surface area contributed by atoms with Crippen molar-refractivity contribution < 1.29 is 23.9 Å². The lowest BCUT2D eigenvalue weighted by Crippen LogP contribution is -2.37. The molecule has 0 aliphatic heterocycles. The van der Waals surface area contributed by atoms with Crippen LogP contribution in [0.3, 0.4) is 0 Å². The van der Waals surface area contributed by atoms with E-state index >= 15 is 0 Å². The van der Waals surface area contributed by atoms with Crippen LogP contribution in [0.5, 0.6) is 0 Å². The average Bonchev–Trinajstić information content (AvgIpc) is 3.28. The third-order valence-corrected chi connectivity index (χ3v) is 4.89. The fourth-order valence-corrected chi connectivity index (χ4v) is 3.40. The normalized spacial score (nSPS) is 10.2. The van der Waals surface area contributed by atoms with Crippen molar-refractivity contribution in [3.05, 3.63) is 108 Å². The largest absolute Gasteiger partial charge is 0.611 e. The van der Waals surface area contributed by atoms with Crippen molar-refractivity contribution in [2.45, 2.75) is 0 Å². The Morgan fingerprint density at radius 1 is 0.879 bits per heavy atom. The van der Waals surface area contributed by atoms with Crippen molar-refractivity contribution in [3.63, 3.8) is 0 Å². The number of ether oxygens (including phenoxy) is 2. The van der Waals surface area contributed by atoms with Crippen molar-refractivity contribution in [1.29, 1.82) is 0 Å². The summed E-state index contributed by atoms with van der Waals surface area (Å²) < 4.78 is 13.2. The second-order valence-electron chi connectivity index (χ2n) is 6.91. The number of rotatable bonds is 6. The molecule has 33 heavy (non-hydrogen) atoms. The Labute approximate surface area is 191 Å². The van der Waals surface area contributed by atoms with Crippen molar-refractivity contribution in [1.82, 2.24) is 9.78 Å². The molecule has 1 aromatic heterocycles. The van der Waals surface area contributed by atoms with E-state index in [9.17, 15) is 9.90 Å². The zero-order valence-electron chi connectivity index (χ0n) is 18.1. The highest BCUT2D eigenvalue weighted by Gasteiger charge is 2.35. The Bertz CT molecular complexity index is 1320. The first-order valence-electron chi connectivity index (χ1n) is 10.2. The van der Waals surface area contributed by atoms with Crippen LogP contribution in [0.1, 0.15) is 5.82 Å². The lowest BCUT2D eigenvalue weighted by molar-refractivity contribution is -0.587. The smallest absolute Gasteiger partial charge is 0.352 e. The minimum Gasteiger partial charge on any atom is -0.611 e. The lowest BCUT2D eigenvalue weighted by atomic mass is 10.2. The van der Waals surface area contributed by atoms with Crippen molar-refractivity contribution in [2.75, 3.05) is 14.2 Å². The Hall–Kier alpha value is -4.61. The molecule has 0 aliphatic carbocycles. The maximum absolute atomic E-state index is 12.9. The van der Waals surface area contributed by atoms with E-state index in [1.165, 1.54) is 14.2 Å². The molecule has 0 aliphatic rings. The van der Waals surface area contributed by atoms with Gasteiger partial charge < -0.3 is 14.6 Å². The fourth-order valence-electron chi connectivity index (χ4n) is 3.40. The van der Waals surface area contributed by atoms with Gasteiger partial charge in [-0.25, -0.2) is 4.79 Å². The number of aromatic nitrogens is 3. The number of carbonyl (C=O) groups excluding carboxylic acids is 1. The van der Waals surface area contributed by atoms with Gasteiger partial charge in [-0.3, -0.25) is 0 Å². The third-order valence-electron chi connectivity index (χ3n) is 4.89. The monoisotopic (exact) mass is 439 g/mol. The van der Waals surface area contributed by atoms with Gasteiger partial charge in [0.1, 0.15) is 11.4 Å². The van der Waals surface area contributed by atoms with E-state index in [1.807, 2.05) is 91.0 Å². The van der Waals surface area contributed by atoms with E-state index in [1.54, 1.807) is 9.25 Å². The van der Waals surface area contributed by atoms with Crippen molar-refractivity contribution in [2.24, 2.45) is 0 Å². The number of esters is 1. The molecule has 0 radical (unpaired) electrons. The van der Waals surface area contributed by atoms with Crippen LogP contribution in [-0.2, 0) is 14.3 Å². The molecule has 4 rings (SSSR count). The molecule has 0 saturated heterocycles. The van der Waals surface area contributed by atoms with Crippen LogP contribution in [-0.4, -0.2) is 30.0 Å². The molecule has 4 aromatic rings. The maximum atomic E-state index is 12.9. The number of carbonyl (C=O) groups is 1. The second-order valence-corrected chi connectivity index (χ2v) is 6.91. The van der Waals surface area contributed by atoms with Gasteiger partial charge in [0.2, 0.25) is 0 Å². The molecule has 0 unspecified atom stereocenters. The summed E-state index contributed by atoms with van der Waals surface area (Å²) in [6.45, 7) is 0. The molecule has 0 fully saturated rings. The van der Waals surface area contributed by atoms with Crippen LogP contribution in [0.2, 0.25) is 0 Å². The van der Waals surface area contributed by atoms with E-state index < -0.39 is 11.9 Å². The molecular formula is C26H21N3O4. The predicted octanol–water partition coefficient (Wildman–Crippen LogP) is 2.82. The van der Waals surface area contributed by atoms with Gasteiger partial charge in [0.15, 0.2) is 5.57 Å². The second kappa shape index (κ2) is 9.68. The Balaban J connectivity index is 2.18. The standard InChI is InChI=1S/C26H21N3O4/c1-32-23(30)18-22(26(31)33-2)25-28(20-14-8-4-9-15-20)24(19-12-6-3-7-13-19)27-29(25)21-16-10-5-11-17-21/h3-17H,1-2H3. The predicted molar refractivity (Wildman–Crippen MR) is 120 cm³/mol. The van der Waals surface area contributed by atoms with Crippen molar-refractivity contribution >= 4 is 11.5 Å². The number of nitrogens with zero attached hydrogens (tertiary/aromatic N) is 3. The number of hydrogen-bond acceptors (Lipinski definition) is 5. The molecule has 0 saturated carbocycles. The van der Waals surface area contributed by atoms with E-state index in [0.717, 1.165) is 11.3 Å². The van der Waals surface area contributed by atoms with Gasteiger partial charge in [0.05, 0.1) is 23.7 Å². The highest BCUT2D eigenvalue weighted by atomic mass is 16.6. The van der Waals surface area contributed by atoms with E-state index in [4.69, 9.17) is 14.6 Å². The molecule has 1 heterocycles. The van der Waals surface area contributed by atoms with E-state index in [-0.39, 0.29) is 5.57 Å². The quantitative estimate of drug-likeness (QED) is 0.152. The maximum Gasteiger partial charge on any atom is 0.352 e. The number of benzene rings is 3. The minimum absolute atomic E-state index is 0.119. The fraction of sp³-hybridized carbons (Fsp3) is 0.0769. The zero-order valence-corrected chi connectivity index (χ0v) is 18.1. The highest BCUT2D eigenvalue weighted by Crippen LogP contribution is 2.24. The minimum atomic E-state index is -0.808. The Kier molecular flexibility index (Phi) is 6.34. The van der Waals surface area contributed by atoms with Crippen LogP contribution < -0.4 is 9.67 Å². The van der Waals surface area contributed by atoms with Crippen LogP contribution >= 0.6 is 0 Å².